The average Bonchev–Trinajstić information content (AvgIpc) is 2.35. The number of hydrogen-bond acceptors (Lipinski definition) is 2. The third-order valence-corrected chi connectivity index (χ3v) is 2.60. The van der Waals surface area contributed by atoms with Crippen molar-refractivity contribution in [2.45, 2.75) is 0 Å². The van der Waals surface area contributed by atoms with E-state index in [1.165, 1.54) is 17.4 Å². The van der Waals surface area contributed by atoms with Gasteiger partial charge in [-0.15, -0.1) is 11.3 Å². The van der Waals surface area contributed by atoms with Crippen molar-refractivity contribution in [1.29, 1.82) is 0 Å². The number of hydrogen-bond donors (Lipinski definition) is 1. The van der Waals surface area contributed by atoms with Crippen LogP contribution < -0.4 is 5.73 Å². The molecule has 3 heteroatoms. The molecular weight excluding hydrogens is 161 g/mol. The van der Waals surface area contributed by atoms with Crippen molar-refractivity contribution in [2.24, 2.45) is 0 Å². The topological polar surface area (TPSA) is 26.0 Å². The molecule has 2 aromatic rings. The van der Waals surface area contributed by atoms with Gasteiger partial charge in [0, 0.05) is 10.8 Å². The molecule has 1 nitrogen and oxygen atoms in total. The van der Waals surface area contributed by atoms with Crippen LogP contribution in [-0.4, -0.2) is 0 Å². The van der Waals surface area contributed by atoms with Crippen molar-refractivity contribution in [1.82, 2.24) is 0 Å². The molecule has 0 radical (unpaired) electrons. The molecule has 11 heavy (non-hydrogen) atoms. The highest BCUT2D eigenvalue weighted by Crippen LogP contribution is 2.29. The molecular formula is C8H6FNS. The molecule has 0 aliphatic heterocycles. The number of anilines is 1. The molecule has 0 amide bonds. The summed E-state index contributed by atoms with van der Waals surface area (Å²) in [5, 5.41) is 2.57. The van der Waals surface area contributed by atoms with E-state index in [9.17, 15) is 4.39 Å². The van der Waals surface area contributed by atoms with E-state index in [0.29, 0.717) is 10.4 Å². The number of fused-ring (bicyclic) bond motifs is 1. The molecule has 0 saturated carbocycles. The molecule has 0 aliphatic carbocycles. The van der Waals surface area contributed by atoms with Gasteiger partial charge in [0.1, 0.15) is 5.82 Å². The van der Waals surface area contributed by atoms with Crippen LogP contribution in [0.2, 0.25) is 0 Å². The summed E-state index contributed by atoms with van der Waals surface area (Å²) in [7, 11) is 0. The van der Waals surface area contributed by atoms with Gasteiger partial charge in [-0.3, -0.25) is 0 Å². The minimum Gasteiger partial charge on any atom is -0.398 e. The number of nitrogen functional groups attached to an aromatic ring is 1. The van der Waals surface area contributed by atoms with Gasteiger partial charge in [0.05, 0.1) is 10.4 Å². The lowest BCUT2D eigenvalue weighted by atomic mass is 10.2. The summed E-state index contributed by atoms with van der Waals surface area (Å²) in [5.41, 5.74) is 6.25. The van der Waals surface area contributed by atoms with E-state index in [1.807, 2.05) is 6.07 Å². The van der Waals surface area contributed by atoms with Gasteiger partial charge in [-0.05, 0) is 6.07 Å². The van der Waals surface area contributed by atoms with Crippen LogP contribution in [0.3, 0.4) is 0 Å². The Hall–Kier alpha value is -1.09. The Labute approximate surface area is 67.3 Å². The number of rotatable bonds is 0. The number of thiophene rings is 1. The van der Waals surface area contributed by atoms with Crippen molar-refractivity contribution in [3.05, 3.63) is 29.4 Å². The normalized spacial score (nSPS) is 10.6. The van der Waals surface area contributed by atoms with Gasteiger partial charge in [0.15, 0.2) is 0 Å². The molecule has 0 unspecified atom stereocenters. The van der Waals surface area contributed by atoms with Crippen LogP contribution in [0, 0.1) is 5.82 Å². The molecule has 0 saturated heterocycles. The van der Waals surface area contributed by atoms with Crippen molar-refractivity contribution in [2.75, 3.05) is 5.73 Å². The molecule has 1 aromatic heterocycles. The molecule has 0 spiro atoms. The molecule has 2 N–H and O–H groups in total. The maximum Gasteiger partial charge on any atom is 0.141 e. The molecule has 1 heterocycles. The smallest absolute Gasteiger partial charge is 0.141 e. The third kappa shape index (κ3) is 0.886. The van der Waals surface area contributed by atoms with E-state index in [-0.39, 0.29) is 5.82 Å². The monoisotopic (exact) mass is 167 g/mol. The Morgan fingerprint density at radius 2 is 2.18 bits per heavy atom. The summed E-state index contributed by atoms with van der Waals surface area (Å²) in [6.45, 7) is 0. The van der Waals surface area contributed by atoms with Crippen LogP contribution in [0.4, 0.5) is 10.1 Å². The van der Waals surface area contributed by atoms with Gasteiger partial charge < -0.3 is 5.73 Å². The maximum atomic E-state index is 13.0. The summed E-state index contributed by atoms with van der Waals surface area (Å²) in [5.74, 6) is -0.191. The second kappa shape index (κ2) is 2.20. The first-order valence-electron chi connectivity index (χ1n) is 3.20. The molecule has 56 valence electrons. The van der Waals surface area contributed by atoms with Crippen LogP contribution in [-0.2, 0) is 0 Å². The Bertz CT molecular complexity index is 394. The molecule has 0 fully saturated rings. The van der Waals surface area contributed by atoms with Crippen molar-refractivity contribution < 1.29 is 4.39 Å². The Balaban J connectivity index is 2.94. The van der Waals surface area contributed by atoms with E-state index in [1.54, 1.807) is 11.4 Å². The largest absolute Gasteiger partial charge is 0.398 e. The molecule has 2 rings (SSSR count). The van der Waals surface area contributed by atoms with E-state index in [0.717, 1.165) is 5.39 Å². The molecule has 0 atom stereocenters. The first-order valence-corrected chi connectivity index (χ1v) is 4.08. The standard InChI is InChI=1S/C8H6FNS/c9-6-3-1-2-5-7(10)4-11-8(5)6/h1-4H,10H2. The molecule has 0 bridgehead atoms. The lowest BCUT2D eigenvalue weighted by Crippen LogP contribution is -1.80. The van der Waals surface area contributed by atoms with Crippen LogP contribution in [0.5, 0.6) is 0 Å². The first-order chi connectivity index (χ1) is 5.29. The highest BCUT2D eigenvalue weighted by Gasteiger charge is 2.03. The van der Waals surface area contributed by atoms with Crippen molar-refractivity contribution in [3.63, 3.8) is 0 Å². The number of nitrogens with two attached hydrogens (primary N) is 1. The third-order valence-electron chi connectivity index (χ3n) is 1.58. The Morgan fingerprint density at radius 3 is 2.91 bits per heavy atom. The Morgan fingerprint density at radius 1 is 1.36 bits per heavy atom. The zero-order chi connectivity index (χ0) is 7.84. The van der Waals surface area contributed by atoms with Crippen LogP contribution >= 0.6 is 11.3 Å². The summed E-state index contributed by atoms with van der Waals surface area (Å²) in [6.07, 6.45) is 0. The van der Waals surface area contributed by atoms with Gasteiger partial charge >= 0.3 is 0 Å². The first kappa shape index (κ1) is 6.61. The summed E-state index contributed by atoms with van der Waals surface area (Å²) in [6, 6.07) is 4.93. The highest BCUT2D eigenvalue weighted by atomic mass is 32.1. The van der Waals surface area contributed by atoms with Crippen LogP contribution in [0.25, 0.3) is 10.1 Å². The summed E-state index contributed by atoms with van der Waals surface area (Å²) in [4.78, 5) is 0. The van der Waals surface area contributed by atoms with Crippen LogP contribution in [0.1, 0.15) is 0 Å². The number of benzene rings is 1. The fourth-order valence-corrected chi connectivity index (χ4v) is 1.91. The molecule has 1 aromatic carbocycles. The average molecular weight is 167 g/mol. The fraction of sp³-hybridized carbons (Fsp3) is 0. The summed E-state index contributed by atoms with van der Waals surface area (Å²) < 4.78 is 13.6. The second-order valence-electron chi connectivity index (χ2n) is 2.31. The SMILES string of the molecule is Nc1csc2c(F)cccc12. The summed E-state index contributed by atoms with van der Waals surface area (Å²) >= 11 is 1.34. The zero-order valence-corrected chi connectivity index (χ0v) is 6.49. The number of halogens is 1. The van der Waals surface area contributed by atoms with Crippen molar-refractivity contribution >= 4 is 27.1 Å². The van der Waals surface area contributed by atoms with Gasteiger partial charge in [-0.25, -0.2) is 4.39 Å². The lowest BCUT2D eigenvalue weighted by Gasteiger charge is -1.90. The highest BCUT2D eigenvalue weighted by molar-refractivity contribution is 7.17. The lowest BCUT2D eigenvalue weighted by molar-refractivity contribution is 0.642. The maximum absolute atomic E-state index is 13.0. The van der Waals surface area contributed by atoms with Crippen LogP contribution in [0.15, 0.2) is 23.6 Å². The fourth-order valence-electron chi connectivity index (χ4n) is 1.04. The van der Waals surface area contributed by atoms with Crippen molar-refractivity contribution in [3.8, 4) is 0 Å². The second-order valence-corrected chi connectivity index (χ2v) is 3.19. The van der Waals surface area contributed by atoms with E-state index in [2.05, 4.69) is 0 Å². The van der Waals surface area contributed by atoms with E-state index in [4.69, 9.17) is 5.73 Å². The van der Waals surface area contributed by atoms with Gasteiger partial charge in [0.25, 0.3) is 0 Å². The minimum atomic E-state index is -0.191. The Kier molecular flexibility index (Phi) is 1.32. The van der Waals surface area contributed by atoms with Gasteiger partial charge in [0.2, 0.25) is 0 Å². The van der Waals surface area contributed by atoms with Gasteiger partial charge in [-0.1, -0.05) is 12.1 Å². The predicted octanol–water partition coefficient (Wildman–Crippen LogP) is 2.62. The predicted molar refractivity (Wildman–Crippen MR) is 46.2 cm³/mol. The van der Waals surface area contributed by atoms with E-state index < -0.39 is 0 Å². The minimum absolute atomic E-state index is 0.191. The van der Waals surface area contributed by atoms with Gasteiger partial charge in [-0.2, -0.15) is 0 Å². The molecule has 0 aliphatic rings. The van der Waals surface area contributed by atoms with E-state index >= 15 is 0 Å². The quantitative estimate of drug-likeness (QED) is 0.641. The zero-order valence-electron chi connectivity index (χ0n) is 5.67.